The molecular weight excluding hydrogens is 372 g/mol. The van der Waals surface area contributed by atoms with Crippen molar-refractivity contribution < 1.29 is 13.2 Å². The van der Waals surface area contributed by atoms with Crippen LogP contribution >= 0.6 is 11.7 Å². The van der Waals surface area contributed by atoms with Crippen molar-refractivity contribution in [2.24, 2.45) is 0 Å². The van der Waals surface area contributed by atoms with Gasteiger partial charge in [-0.1, -0.05) is 6.07 Å². The van der Waals surface area contributed by atoms with Crippen LogP contribution in [-0.4, -0.2) is 70.8 Å². The molecule has 26 heavy (non-hydrogen) atoms. The summed E-state index contributed by atoms with van der Waals surface area (Å²) in [6.45, 7) is 7.16. The summed E-state index contributed by atoms with van der Waals surface area (Å²) in [6, 6.07) is 5.19. The molecule has 4 rings (SSSR count). The first-order valence-electron chi connectivity index (χ1n) is 9.06. The van der Waals surface area contributed by atoms with Crippen molar-refractivity contribution in [2.75, 3.05) is 26.2 Å². The highest BCUT2D eigenvalue weighted by atomic mass is 32.2. The third-order valence-corrected chi connectivity index (χ3v) is 7.65. The molecule has 0 aliphatic carbocycles. The number of rotatable bonds is 4. The molecule has 2 fully saturated rings. The van der Waals surface area contributed by atoms with Crippen molar-refractivity contribution >= 4 is 32.8 Å². The van der Waals surface area contributed by atoms with Crippen LogP contribution in [0.25, 0.3) is 11.0 Å². The van der Waals surface area contributed by atoms with Gasteiger partial charge < -0.3 is 4.74 Å². The lowest BCUT2D eigenvalue weighted by molar-refractivity contribution is -0.0707. The fraction of sp³-hybridized carbons (Fsp3) is 0.647. The third kappa shape index (κ3) is 3.38. The molecule has 0 amide bonds. The van der Waals surface area contributed by atoms with Crippen LogP contribution in [0.15, 0.2) is 23.1 Å². The Kier molecular flexibility index (Phi) is 5.00. The molecule has 3 unspecified atom stereocenters. The highest BCUT2D eigenvalue weighted by molar-refractivity contribution is 7.89. The number of aromatic nitrogens is 2. The van der Waals surface area contributed by atoms with Crippen molar-refractivity contribution in [1.29, 1.82) is 0 Å². The zero-order valence-electron chi connectivity index (χ0n) is 15.0. The molecule has 3 heterocycles. The van der Waals surface area contributed by atoms with Crippen LogP contribution in [0, 0.1) is 0 Å². The number of nitrogens with zero attached hydrogens (tertiary/aromatic N) is 4. The van der Waals surface area contributed by atoms with Gasteiger partial charge in [-0.2, -0.15) is 13.1 Å². The molecule has 0 bridgehead atoms. The monoisotopic (exact) mass is 396 g/mol. The van der Waals surface area contributed by atoms with Gasteiger partial charge in [0.25, 0.3) is 0 Å². The molecule has 2 aliphatic rings. The molecule has 142 valence electrons. The summed E-state index contributed by atoms with van der Waals surface area (Å²) >= 11 is 1.05. The fourth-order valence-electron chi connectivity index (χ4n) is 4.16. The largest absolute Gasteiger partial charge is 0.373 e. The van der Waals surface area contributed by atoms with E-state index in [-0.39, 0.29) is 23.1 Å². The highest BCUT2D eigenvalue weighted by Gasteiger charge is 2.38. The maximum Gasteiger partial charge on any atom is 0.245 e. The Morgan fingerprint density at radius 2 is 2.00 bits per heavy atom. The van der Waals surface area contributed by atoms with Crippen molar-refractivity contribution in [2.45, 2.75) is 49.8 Å². The van der Waals surface area contributed by atoms with E-state index in [0.29, 0.717) is 17.6 Å². The van der Waals surface area contributed by atoms with Crippen molar-refractivity contribution in [3.05, 3.63) is 18.2 Å². The number of ether oxygens (including phenoxy) is 1. The topological polar surface area (TPSA) is 75.6 Å². The van der Waals surface area contributed by atoms with E-state index in [1.165, 1.54) is 0 Å². The van der Waals surface area contributed by atoms with E-state index in [1.54, 1.807) is 22.5 Å². The van der Waals surface area contributed by atoms with Crippen LogP contribution in [0.5, 0.6) is 0 Å². The SMILES string of the molecule is CC1CN(CC2CCCN2S(=O)(=O)c2cccc3nsnc23)CC(C)O1. The molecule has 9 heteroatoms. The van der Waals surface area contributed by atoms with E-state index in [0.717, 1.165) is 44.2 Å². The van der Waals surface area contributed by atoms with Crippen LogP contribution in [0.2, 0.25) is 0 Å². The molecule has 0 saturated carbocycles. The summed E-state index contributed by atoms with van der Waals surface area (Å²) in [5.74, 6) is 0. The second kappa shape index (κ2) is 7.12. The van der Waals surface area contributed by atoms with Gasteiger partial charge in [0.05, 0.1) is 23.9 Å². The molecule has 0 spiro atoms. The zero-order valence-corrected chi connectivity index (χ0v) is 16.7. The molecular formula is C17H24N4O3S2. The van der Waals surface area contributed by atoms with Gasteiger partial charge >= 0.3 is 0 Å². The van der Waals surface area contributed by atoms with Crippen LogP contribution in [0.4, 0.5) is 0 Å². The molecule has 7 nitrogen and oxygen atoms in total. The van der Waals surface area contributed by atoms with Gasteiger partial charge in [0.15, 0.2) is 0 Å². The van der Waals surface area contributed by atoms with Crippen LogP contribution in [-0.2, 0) is 14.8 Å². The Bertz CT molecular complexity index is 875. The number of benzene rings is 1. The van der Waals surface area contributed by atoms with Gasteiger partial charge in [-0.25, -0.2) is 8.42 Å². The number of morpholine rings is 1. The molecule has 0 radical (unpaired) electrons. The molecule has 2 aromatic rings. The maximum absolute atomic E-state index is 13.3. The summed E-state index contributed by atoms with van der Waals surface area (Å²) < 4.78 is 42.6. The minimum absolute atomic E-state index is 0.000601. The number of hydrogen-bond donors (Lipinski definition) is 0. The number of fused-ring (bicyclic) bond motifs is 1. The molecule has 3 atom stereocenters. The van der Waals surface area contributed by atoms with Crippen molar-refractivity contribution in [3.8, 4) is 0 Å². The Labute approximate surface area is 158 Å². The summed E-state index contributed by atoms with van der Waals surface area (Å²) in [7, 11) is -3.58. The minimum atomic E-state index is -3.58. The minimum Gasteiger partial charge on any atom is -0.373 e. The van der Waals surface area contributed by atoms with E-state index in [1.807, 2.05) is 0 Å². The Balaban J connectivity index is 1.58. The van der Waals surface area contributed by atoms with Crippen LogP contribution < -0.4 is 0 Å². The average Bonchev–Trinajstić information content (AvgIpc) is 3.22. The van der Waals surface area contributed by atoms with Gasteiger partial charge in [0.2, 0.25) is 10.0 Å². The summed E-state index contributed by atoms with van der Waals surface area (Å²) in [5, 5.41) is 0. The van der Waals surface area contributed by atoms with Gasteiger partial charge in [-0.05, 0) is 38.8 Å². The lowest BCUT2D eigenvalue weighted by Gasteiger charge is -2.38. The molecule has 1 aromatic heterocycles. The van der Waals surface area contributed by atoms with Crippen LogP contribution in [0.3, 0.4) is 0 Å². The maximum atomic E-state index is 13.3. The average molecular weight is 397 g/mol. The standard InChI is InChI=1S/C17H24N4O3S2/c1-12-9-20(10-13(2)24-12)11-14-5-4-8-21(14)26(22,23)16-7-3-6-15-17(16)19-25-18-15/h3,6-7,12-14H,4-5,8-11H2,1-2H3. The van der Waals surface area contributed by atoms with E-state index in [9.17, 15) is 8.42 Å². The van der Waals surface area contributed by atoms with Gasteiger partial charge in [0, 0.05) is 32.2 Å². The summed E-state index contributed by atoms with van der Waals surface area (Å²) in [5.41, 5.74) is 1.12. The lowest BCUT2D eigenvalue weighted by atomic mass is 10.1. The van der Waals surface area contributed by atoms with E-state index >= 15 is 0 Å². The van der Waals surface area contributed by atoms with E-state index in [2.05, 4.69) is 27.5 Å². The summed E-state index contributed by atoms with van der Waals surface area (Å²) in [6.07, 6.45) is 2.15. The Morgan fingerprint density at radius 1 is 1.23 bits per heavy atom. The molecule has 1 aromatic carbocycles. The Hall–Kier alpha value is -1.13. The predicted octanol–water partition coefficient (Wildman–Crippen LogP) is 1.95. The first-order chi connectivity index (χ1) is 12.4. The Morgan fingerprint density at radius 3 is 2.77 bits per heavy atom. The van der Waals surface area contributed by atoms with Crippen molar-refractivity contribution in [1.82, 2.24) is 18.0 Å². The molecule has 0 N–H and O–H groups in total. The molecule has 2 aliphatic heterocycles. The number of hydrogen-bond acceptors (Lipinski definition) is 7. The molecule has 2 saturated heterocycles. The first kappa shape index (κ1) is 18.2. The normalized spacial score (nSPS) is 28.8. The zero-order chi connectivity index (χ0) is 18.3. The highest BCUT2D eigenvalue weighted by Crippen LogP contribution is 2.30. The van der Waals surface area contributed by atoms with E-state index in [4.69, 9.17) is 4.74 Å². The first-order valence-corrected chi connectivity index (χ1v) is 11.2. The quantitative estimate of drug-likeness (QED) is 0.786. The predicted molar refractivity (Wildman–Crippen MR) is 101 cm³/mol. The van der Waals surface area contributed by atoms with Crippen molar-refractivity contribution in [3.63, 3.8) is 0 Å². The van der Waals surface area contributed by atoms with Crippen LogP contribution in [0.1, 0.15) is 26.7 Å². The summed E-state index contributed by atoms with van der Waals surface area (Å²) in [4.78, 5) is 2.61. The second-order valence-electron chi connectivity index (χ2n) is 7.28. The number of sulfonamides is 1. The van der Waals surface area contributed by atoms with Gasteiger partial charge in [-0.15, -0.1) is 0 Å². The smallest absolute Gasteiger partial charge is 0.245 e. The second-order valence-corrected chi connectivity index (χ2v) is 9.66. The fourth-order valence-corrected chi connectivity index (χ4v) is 6.59. The van der Waals surface area contributed by atoms with Gasteiger partial charge in [-0.3, -0.25) is 4.90 Å². The van der Waals surface area contributed by atoms with Gasteiger partial charge in [0.1, 0.15) is 15.9 Å². The third-order valence-electron chi connectivity index (χ3n) is 5.12. The van der Waals surface area contributed by atoms with E-state index < -0.39 is 10.0 Å². The lowest BCUT2D eigenvalue weighted by Crippen LogP contribution is -2.50.